The summed E-state index contributed by atoms with van der Waals surface area (Å²) >= 11 is 0. The summed E-state index contributed by atoms with van der Waals surface area (Å²) in [4.78, 5) is 26.4. The lowest BCUT2D eigenvalue weighted by molar-refractivity contribution is -0.135. The SMILES string of the molecule is CCCC(=O)NCC1CCCN(C(=O)C(NC)c2cnn(C)c2)C1. The van der Waals surface area contributed by atoms with Gasteiger partial charge in [-0.05, 0) is 32.2 Å². The van der Waals surface area contributed by atoms with Crippen LogP contribution in [-0.2, 0) is 16.6 Å². The zero-order valence-electron chi connectivity index (χ0n) is 14.9. The number of carbonyl (C=O) groups excluding carboxylic acids is 2. The minimum Gasteiger partial charge on any atom is -0.356 e. The number of piperidine rings is 1. The Kier molecular flexibility index (Phi) is 6.78. The Labute approximate surface area is 143 Å². The van der Waals surface area contributed by atoms with Gasteiger partial charge in [0.25, 0.3) is 0 Å². The highest BCUT2D eigenvalue weighted by Crippen LogP contribution is 2.21. The van der Waals surface area contributed by atoms with Crippen LogP contribution in [0.5, 0.6) is 0 Å². The Morgan fingerprint density at radius 1 is 1.46 bits per heavy atom. The van der Waals surface area contributed by atoms with Crippen molar-refractivity contribution in [2.45, 2.75) is 38.6 Å². The Morgan fingerprint density at radius 3 is 2.88 bits per heavy atom. The molecule has 0 spiro atoms. The number of aryl methyl sites for hydroxylation is 1. The second-order valence-electron chi connectivity index (χ2n) is 6.52. The van der Waals surface area contributed by atoms with Crippen molar-refractivity contribution in [3.05, 3.63) is 18.0 Å². The summed E-state index contributed by atoms with van der Waals surface area (Å²) in [6, 6.07) is -0.368. The molecule has 0 aliphatic carbocycles. The molecule has 7 nitrogen and oxygen atoms in total. The zero-order chi connectivity index (χ0) is 17.5. The van der Waals surface area contributed by atoms with Crippen molar-refractivity contribution in [1.29, 1.82) is 0 Å². The van der Waals surface area contributed by atoms with Gasteiger partial charge < -0.3 is 15.5 Å². The highest BCUT2D eigenvalue weighted by molar-refractivity contribution is 5.83. The molecule has 7 heteroatoms. The molecule has 0 bridgehead atoms. The number of amides is 2. The van der Waals surface area contributed by atoms with E-state index in [1.807, 2.05) is 25.1 Å². The maximum absolute atomic E-state index is 12.9. The molecule has 2 amide bonds. The first-order chi connectivity index (χ1) is 11.5. The first kappa shape index (κ1) is 18.4. The molecule has 0 radical (unpaired) electrons. The number of nitrogens with one attached hydrogen (secondary N) is 2. The maximum Gasteiger partial charge on any atom is 0.244 e. The fourth-order valence-electron chi connectivity index (χ4n) is 3.21. The molecular weight excluding hydrogens is 306 g/mol. The monoisotopic (exact) mass is 335 g/mol. The van der Waals surface area contributed by atoms with E-state index in [0.29, 0.717) is 25.4 Å². The van der Waals surface area contributed by atoms with Crippen LogP contribution in [0.15, 0.2) is 12.4 Å². The summed E-state index contributed by atoms with van der Waals surface area (Å²) in [5.41, 5.74) is 0.878. The van der Waals surface area contributed by atoms with Crippen LogP contribution in [0.2, 0.25) is 0 Å². The first-order valence-corrected chi connectivity index (χ1v) is 8.76. The lowest BCUT2D eigenvalue weighted by Gasteiger charge is -2.35. The molecule has 1 saturated heterocycles. The van der Waals surface area contributed by atoms with Gasteiger partial charge in [0.15, 0.2) is 0 Å². The van der Waals surface area contributed by atoms with Crippen LogP contribution in [-0.4, -0.2) is 53.2 Å². The number of nitrogens with zero attached hydrogens (tertiary/aromatic N) is 3. The molecule has 2 heterocycles. The summed E-state index contributed by atoms with van der Waals surface area (Å²) in [5, 5.41) is 10.2. The molecule has 2 rings (SSSR count). The molecule has 2 N–H and O–H groups in total. The average molecular weight is 335 g/mol. The van der Waals surface area contributed by atoms with E-state index in [1.165, 1.54) is 0 Å². The highest BCUT2D eigenvalue weighted by atomic mass is 16.2. The Bertz CT molecular complexity index is 557. The molecule has 1 fully saturated rings. The summed E-state index contributed by atoms with van der Waals surface area (Å²) in [7, 11) is 3.64. The van der Waals surface area contributed by atoms with Gasteiger partial charge in [0.1, 0.15) is 6.04 Å². The number of likely N-dealkylation sites (N-methyl/N-ethyl adjacent to an activating group) is 1. The molecule has 134 valence electrons. The smallest absolute Gasteiger partial charge is 0.244 e. The second kappa shape index (κ2) is 8.82. The normalized spacial score (nSPS) is 19.1. The van der Waals surface area contributed by atoms with Crippen molar-refractivity contribution < 1.29 is 9.59 Å². The van der Waals surface area contributed by atoms with E-state index in [2.05, 4.69) is 15.7 Å². The van der Waals surface area contributed by atoms with E-state index in [0.717, 1.165) is 31.4 Å². The van der Waals surface area contributed by atoms with Crippen LogP contribution in [0.4, 0.5) is 0 Å². The van der Waals surface area contributed by atoms with Gasteiger partial charge in [0.2, 0.25) is 11.8 Å². The van der Waals surface area contributed by atoms with Gasteiger partial charge in [-0.3, -0.25) is 14.3 Å². The predicted octanol–water partition coefficient (Wildman–Crippen LogP) is 0.836. The molecule has 2 atom stereocenters. The Hall–Kier alpha value is -1.89. The van der Waals surface area contributed by atoms with Crippen molar-refractivity contribution in [3.8, 4) is 0 Å². The number of rotatable bonds is 7. The summed E-state index contributed by atoms with van der Waals surface area (Å²) < 4.78 is 1.70. The minimum absolute atomic E-state index is 0.0788. The van der Waals surface area contributed by atoms with Gasteiger partial charge in [0.05, 0.1) is 6.20 Å². The molecule has 24 heavy (non-hydrogen) atoms. The third-order valence-electron chi connectivity index (χ3n) is 4.49. The molecule has 0 aromatic carbocycles. The van der Waals surface area contributed by atoms with Crippen molar-refractivity contribution in [3.63, 3.8) is 0 Å². The van der Waals surface area contributed by atoms with Crippen LogP contribution < -0.4 is 10.6 Å². The number of hydrogen-bond acceptors (Lipinski definition) is 4. The number of aromatic nitrogens is 2. The van der Waals surface area contributed by atoms with E-state index in [1.54, 1.807) is 17.9 Å². The first-order valence-electron chi connectivity index (χ1n) is 8.76. The fraction of sp³-hybridized carbons (Fsp3) is 0.706. The number of hydrogen-bond donors (Lipinski definition) is 2. The lowest BCUT2D eigenvalue weighted by Crippen LogP contribution is -2.47. The topological polar surface area (TPSA) is 79.3 Å². The molecular formula is C17H29N5O2. The van der Waals surface area contributed by atoms with Gasteiger partial charge in [-0.25, -0.2) is 0 Å². The van der Waals surface area contributed by atoms with Gasteiger partial charge >= 0.3 is 0 Å². The van der Waals surface area contributed by atoms with Crippen molar-refractivity contribution in [2.24, 2.45) is 13.0 Å². The largest absolute Gasteiger partial charge is 0.356 e. The summed E-state index contributed by atoms with van der Waals surface area (Å²) in [6.45, 7) is 4.12. The van der Waals surface area contributed by atoms with Crippen LogP contribution in [0, 0.1) is 5.92 Å². The van der Waals surface area contributed by atoms with Crippen LogP contribution in [0.1, 0.15) is 44.2 Å². The Morgan fingerprint density at radius 2 is 2.25 bits per heavy atom. The third kappa shape index (κ3) is 4.80. The van der Waals surface area contributed by atoms with Crippen LogP contribution in [0.25, 0.3) is 0 Å². The maximum atomic E-state index is 12.9. The predicted molar refractivity (Wildman–Crippen MR) is 92.2 cm³/mol. The molecule has 1 aromatic heterocycles. The number of carbonyl (C=O) groups is 2. The molecule has 1 aliphatic heterocycles. The van der Waals surface area contributed by atoms with E-state index < -0.39 is 0 Å². The quantitative estimate of drug-likeness (QED) is 0.774. The van der Waals surface area contributed by atoms with E-state index in [4.69, 9.17) is 0 Å². The van der Waals surface area contributed by atoms with Crippen molar-refractivity contribution in [1.82, 2.24) is 25.3 Å². The molecule has 1 aromatic rings. The van der Waals surface area contributed by atoms with Crippen molar-refractivity contribution >= 4 is 11.8 Å². The molecule has 0 saturated carbocycles. The summed E-state index contributed by atoms with van der Waals surface area (Å²) in [5.74, 6) is 0.509. The van der Waals surface area contributed by atoms with Gasteiger partial charge in [-0.1, -0.05) is 6.92 Å². The Balaban J connectivity index is 1.92. The molecule has 1 aliphatic rings. The van der Waals surface area contributed by atoms with E-state index >= 15 is 0 Å². The highest BCUT2D eigenvalue weighted by Gasteiger charge is 2.29. The van der Waals surface area contributed by atoms with E-state index in [9.17, 15) is 9.59 Å². The van der Waals surface area contributed by atoms with Gasteiger partial charge in [0, 0.05) is 44.9 Å². The van der Waals surface area contributed by atoms with Crippen molar-refractivity contribution in [2.75, 3.05) is 26.7 Å². The average Bonchev–Trinajstić information content (AvgIpc) is 3.00. The fourth-order valence-corrected chi connectivity index (χ4v) is 3.21. The molecule has 2 unspecified atom stereocenters. The van der Waals surface area contributed by atoms with Crippen LogP contribution in [0.3, 0.4) is 0 Å². The third-order valence-corrected chi connectivity index (χ3v) is 4.49. The number of likely N-dealkylation sites (tertiary alicyclic amines) is 1. The summed E-state index contributed by atoms with van der Waals surface area (Å²) in [6.07, 6.45) is 7.04. The van der Waals surface area contributed by atoms with Gasteiger partial charge in [-0.15, -0.1) is 0 Å². The minimum atomic E-state index is -0.368. The van der Waals surface area contributed by atoms with E-state index in [-0.39, 0.29) is 17.9 Å². The van der Waals surface area contributed by atoms with Crippen LogP contribution >= 0.6 is 0 Å². The zero-order valence-corrected chi connectivity index (χ0v) is 14.9. The second-order valence-corrected chi connectivity index (χ2v) is 6.52. The van der Waals surface area contributed by atoms with Gasteiger partial charge in [-0.2, -0.15) is 5.10 Å². The standard InChI is InChI=1S/C17H29N5O2/c1-4-6-15(23)19-9-13-7-5-8-22(11-13)17(24)16(18-2)14-10-20-21(3)12-14/h10,12-13,16,18H,4-9,11H2,1-3H3,(H,19,23). The lowest BCUT2D eigenvalue weighted by atomic mass is 9.96.